The number of hydrogen-bond donors (Lipinski definition) is 1. The average molecular weight is 447 g/mol. The summed E-state index contributed by atoms with van der Waals surface area (Å²) in [5.74, 6) is 0.972. The standard InChI is InChI=1S/C18H15ClN6O4S/c1-25-15(10-28-12-5-6-16(19)21-8-12)14(9-22-25)17-23-18(29-24-17)11-3-2-4-13(7-11)30(20,26)27/h2-9H,10H2,1H3,(H2,20,26,27). The van der Waals surface area contributed by atoms with Crippen molar-refractivity contribution in [2.45, 2.75) is 11.5 Å². The Balaban J connectivity index is 1.61. The van der Waals surface area contributed by atoms with Gasteiger partial charge >= 0.3 is 0 Å². The molecule has 0 saturated heterocycles. The maximum Gasteiger partial charge on any atom is 0.258 e. The maximum absolute atomic E-state index is 11.6. The van der Waals surface area contributed by atoms with Gasteiger partial charge in [0.2, 0.25) is 15.8 Å². The van der Waals surface area contributed by atoms with E-state index in [2.05, 4.69) is 20.2 Å². The molecule has 0 aliphatic rings. The zero-order valence-electron chi connectivity index (χ0n) is 15.6. The van der Waals surface area contributed by atoms with Crippen LogP contribution in [0.2, 0.25) is 5.15 Å². The molecule has 0 aliphatic carbocycles. The number of rotatable bonds is 6. The van der Waals surface area contributed by atoms with Crippen molar-refractivity contribution in [3.8, 4) is 28.6 Å². The molecule has 0 aliphatic heterocycles. The van der Waals surface area contributed by atoms with Crippen LogP contribution in [0.25, 0.3) is 22.8 Å². The van der Waals surface area contributed by atoms with Crippen molar-refractivity contribution in [2.75, 3.05) is 0 Å². The van der Waals surface area contributed by atoms with Crippen molar-refractivity contribution in [1.29, 1.82) is 0 Å². The third-order valence-corrected chi connectivity index (χ3v) is 5.35. The molecule has 0 radical (unpaired) electrons. The van der Waals surface area contributed by atoms with E-state index < -0.39 is 10.0 Å². The molecule has 0 spiro atoms. The lowest BCUT2D eigenvalue weighted by Crippen LogP contribution is -2.11. The Bertz CT molecular complexity index is 1300. The molecule has 3 heterocycles. The minimum Gasteiger partial charge on any atom is -0.486 e. The number of nitrogens with two attached hydrogens (primary N) is 1. The lowest BCUT2D eigenvalue weighted by atomic mass is 10.2. The van der Waals surface area contributed by atoms with Gasteiger partial charge in [0.25, 0.3) is 5.89 Å². The minimum absolute atomic E-state index is 0.0493. The highest BCUT2D eigenvalue weighted by Crippen LogP contribution is 2.26. The van der Waals surface area contributed by atoms with Crippen molar-refractivity contribution in [2.24, 2.45) is 12.2 Å². The zero-order chi connectivity index (χ0) is 21.3. The van der Waals surface area contributed by atoms with E-state index in [4.69, 9.17) is 26.0 Å². The molecule has 10 nitrogen and oxygen atoms in total. The van der Waals surface area contributed by atoms with Gasteiger partial charge < -0.3 is 9.26 Å². The second kappa shape index (κ2) is 7.86. The highest BCUT2D eigenvalue weighted by atomic mass is 35.5. The van der Waals surface area contributed by atoms with E-state index in [0.717, 1.165) is 0 Å². The first kappa shape index (κ1) is 20.0. The number of aromatic nitrogens is 5. The van der Waals surface area contributed by atoms with Gasteiger partial charge in [-0.3, -0.25) is 4.68 Å². The molecule has 4 aromatic rings. The fraction of sp³-hybridized carbons (Fsp3) is 0.111. The number of ether oxygens (including phenoxy) is 1. The van der Waals surface area contributed by atoms with Crippen molar-refractivity contribution >= 4 is 21.6 Å². The third-order valence-electron chi connectivity index (χ3n) is 4.21. The predicted molar refractivity (Wildman–Crippen MR) is 107 cm³/mol. The van der Waals surface area contributed by atoms with Crippen molar-refractivity contribution in [1.82, 2.24) is 24.9 Å². The molecule has 0 fully saturated rings. The van der Waals surface area contributed by atoms with Crippen LogP contribution in [-0.4, -0.2) is 33.3 Å². The first-order valence-electron chi connectivity index (χ1n) is 8.54. The van der Waals surface area contributed by atoms with Crippen molar-refractivity contribution < 1.29 is 17.7 Å². The van der Waals surface area contributed by atoms with E-state index in [1.807, 2.05) is 0 Å². The van der Waals surface area contributed by atoms with Gasteiger partial charge in [0.05, 0.1) is 28.5 Å². The first-order valence-corrected chi connectivity index (χ1v) is 10.5. The van der Waals surface area contributed by atoms with Crippen LogP contribution in [0.1, 0.15) is 5.69 Å². The van der Waals surface area contributed by atoms with E-state index >= 15 is 0 Å². The number of nitrogens with zero attached hydrogens (tertiary/aromatic N) is 5. The molecule has 0 amide bonds. The molecule has 1 aromatic carbocycles. The molecule has 30 heavy (non-hydrogen) atoms. The summed E-state index contributed by atoms with van der Waals surface area (Å²) in [5, 5.41) is 13.8. The van der Waals surface area contributed by atoms with Crippen LogP contribution in [0.15, 0.2) is 58.2 Å². The largest absolute Gasteiger partial charge is 0.486 e. The SMILES string of the molecule is Cn1ncc(-c2noc(-c3cccc(S(N)(=O)=O)c3)n2)c1COc1ccc(Cl)nc1. The lowest BCUT2D eigenvalue weighted by Gasteiger charge is -2.07. The van der Waals surface area contributed by atoms with Crippen LogP contribution in [0.3, 0.4) is 0 Å². The van der Waals surface area contributed by atoms with Crippen LogP contribution in [-0.2, 0) is 23.7 Å². The molecular weight excluding hydrogens is 432 g/mol. The fourth-order valence-corrected chi connectivity index (χ4v) is 3.35. The van der Waals surface area contributed by atoms with E-state index in [-0.39, 0.29) is 23.2 Å². The Kier molecular flexibility index (Phi) is 5.24. The smallest absolute Gasteiger partial charge is 0.258 e. The summed E-state index contributed by atoms with van der Waals surface area (Å²) in [4.78, 5) is 8.28. The van der Waals surface area contributed by atoms with Gasteiger partial charge in [-0.25, -0.2) is 18.5 Å². The van der Waals surface area contributed by atoms with E-state index in [1.54, 1.807) is 42.2 Å². The highest BCUT2D eigenvalue weighted by Gasteiger charge is 2.19. The first-order chi connectivity index (χ1) is 14.3. The van der Waals surface area contributed by atoms with Crippen LogP contribution in [0.4, 0.5) is 0 Å². The normalized spacial score (nSPS) is 11.6. The Hall–Kier alpha value is -3.28. The quantitative estimate of drug-likeness (QED) is 0.445. The molecule has 2 N–H and O–H groups in total. The Labute approximate surface area is 176 Å². The number of pyridine rings is 1. The molecule has 0 saturated carbocycles. The van der Waals surface area contributed by atoms with Crippen LogP contribution in [0.5, 0.6) is 5.75 Å². The van der Waals surface area contributed by atoms with Gasteiger partial charge in [-0.05, 0) is 30.3 Å². The van der Waals surface area contributed by atoms with Gasteiger partial charge in [-0.2, -0.15) is 10.1 Å². The molecule has 4 rings (SSSR count). The summed E-state index contributed by atoms with van der Waals surface area (Å²) in [5.41, 5.74) is 1.74. The second-order valence-electron chi connectivity index (χ2n) is 6.23. The molecule has 0 unspecified atom stereocenters. The highest BCUT2D eigenvalue weighted by molar-refractivity contribution is 7.89. The summed E-state index contributed by atoms with van der Waals surface area (Å²) in [6, 6.07) is 9.28. The van der Waals surface area contributed by atoms with E-state index in [0.29, 0.717) is 27.7 Å². The number of sulfonamides is 1. The van der Waals surface area contributed by atoms with Gasteiger partial charge in [-0.15, -0.1) is 0 Å². The van der Waals surface area contributed by atoms with Crippen LogP contribution in [0, 0.1) is 0 Å². The fourth-order valence-electron chi connectivity index (χ4n) is 2.68. The second-order valence-corrected chi connectivity index (χ2v) is 8.18. The summed E-state index contributed by atoms with van der Waals surface area (Å²) in [6.07, 6.45) is 3.11. The number of hydrogen-bond acceptors (Lipinski definition) is 8. The van der Waals surface area contributed by atoms with Gasteiger partial charge in [0.1, 0.15) is 17.5 Å². The Morgan fingerprint density at radius 2 is 2.07 bits per heavy atom. The van der Waals surface area contributed by atoms with Crippen LogP contribution < -0.4 is 9.88 Å². The Morgan fingerprint density at radius 3 is 2.80 bits per heavy atom. The number of primary sulfonamides is 1. The average Bonchev–Trinajstić information content (AvgIpc) is 3.34. The summed E-state index contributed by atoms with van der Waals surface area (Å²) in [7, 11) is -2.09. The molecule has 0 atom stereocenters. The monoisotopic (exact) mass is 446 g/mol. The number of aryl methyl sites for hydroxylation is 1. The predicted octanol–water partition coefficient (Wildman–Crippen LogP) is 2.41. The number of benzene rings is 1. The maximum atomic E-state index is 11.6. The van der Waals surface area contributed by atoms with Crippen molar-refractivity contribution in [3.05, 3.63) is 59.6 Å². The molecule has 12 heteroatoms. The number of halogens is 1. The zero-order valence-corrected chi connectivity index (χ0v) is 17.1. The lowest BCUT2D eigenvalue weighted by molar-refractivity contribution is 0.294. The molecule has 154 valence electrons. The minimum atomic E-state index is -3.85. The molecule has 0 bridgehead atoms. The van der Waals surface area contributed by atoms with E-state index in [9.17, 15) is 8.42 Å². The summed E-state index contributed by atoms with van der Waals surface area (Å²) >= 11 is 5.78. The van der Waals surface area contributed by atoms with Gasteiger partial charge in [-0.1, -0.05) is 22.8 Å². The Morgan fingerprint density at radius 1 is 1.23 bits per heavy atom. The summed E-state index contributed by atoms with van der Waals surface area (Å²) < 4.78 is 35.8. The van der Waals surface area contributed by atoms with E-state index in [1.165, 1.54) is 18.3 Å². The van der Waals surface area contributed by atoms with Crippen molar-refractivity contribution in [3.63, 3.8) is 0 Å². The summed E-state index contributed by atoms with van der Waals surface area (Å²) in [6.45, 7) is 0.180. The van der Waals surface area contributed by atoms with Gasteiger partial charge in [0.15, 0.2) is 0 Å². The van der Waals surface area contributed by atoms with Crippen LogP contribution >= 0.6 is 11.6 Å². The van der Waals surface area contributed by atoms with Gasteiger partial charge in [0, 0.05) is 12.6 Å². The third kappa shape index (κ3) is 4.17. The molecular formula is C18H15ClN6O4S. The molecule has 3 aromatic heterocycles. The topological polar surface area (TPSA) is 139 Å².